The molecule has 1 aromatic heterocycles. The molecule has 1 saturated carbocycles. The van der Waals surface area contributed by atoms with Crippen molar-refractivity contribution in [3.63, 3.8) is 0 Å². The lowest BCUT2D eigenvalue weighted by molar-refractivity contribution is -0.295. The summed E-state index contributed by atoms with van der Waals surface area (Å²) in [6.45, 7) is -2.67. The van der Waals surface area contributed by atoms with Crippen LogP contribution in [0.3, 0.4) is 0 Å². The average molecular weight is 375 g/mol. The Morgan fingerprint density at radius 1 is 1.40 bits per heavy atom. The maximum absolute atomic E-state index is 12.1. The quantitative estimate of drug-likeness (QED) is 0.689. The Kier molecular flexibility index (Phi) is 8.32. The van der Waals surface area contributed by atoms with Gasteiger partial charge >= 0.3 is 19.0 Å². The molecule has 2 rings (SSSR count). The van der Waals surface area contributed by atoms with Gasteiger partial charge in [-0.1, -0.05) is 12.8 Å². The molecule has 0 unspecified atom stereocenters. The Balaban J connectivity index is 0. The topological polar surface area (TPSA) is 83.5 Å². The lowest BCUT2D eigenvalue weighted by Crippen LogP contribution is -2.40. The summed E-state index contributed by atoms with van der Waals surface area (Å²) in [6.07, 6.45) is 0.668. The molecule has 0 aliphatic heterocycles. The van der Waals surface area contributed by atoms with E-state index in [0.29, 0.717) is 5.56 Å². The molecule has 25 heavy (non-hydrogen) atoms. The molecular formula is C14H22F5N3O3. The van der Waals surface area contributed by atoms with Crippen molar-refractivity contribution in [1.29, 1.82) is 0 Å². The SMILES string of the molecule is O=C(NCc1ccnc(OC(F)F)c1)NC1CCCC1.OC(F)(F)F.[HH].[HH]. The molecular weight excluding hydrogens is 353 g/mol. The highest BCUT2D eigenvalue weighted by atomic mass is 19.4. The van der Waals surface area contributed by atoms with Crippen LogP contribution >= 0.6 is 0 Å². The van der Waals surface area contributed by atoms with Gasteiger partial charge < -0.3 is 20.5 Å². The number of ether oxygens (including phenoxy) is 1. The van der Waals surface area contributed by atoms with Crippen molar-refractivity contribution >= 4 is 6.03 Å². The highest BCUT2D eigenvalue weighted by Gasteiger charge is 2.20. The van der Waals surface area contributed by atoms with Crippen LogP contribution in [-0.4, -0.2) is 35.1 Å². The summed E-state index contributed by atoms with van der Waals surface area (Å²) in [5.74, 6) is -0.157. The Morgan fingerprint density at radius 2 is 2.00 bits per heavy atom. The molecule has 0 spiro atoms. The Labute approximate surface area is 143 Å². The number of carbonyl (C=O) groups excluding carboxylic acids is 1. The summed E-state index contributed by atoms with van der Waals surface area (Å²) >= 11 is 0. The molecule has 2 amide bonds. The van der Waals surface area contributed by atoms with Crippen LogP contribution in [0.15, 0.2) is 18.3 Å². The van der Waals surface area contributed by atoms with E-state index >= 15 is 0 Å². The predicted molar refractivity (Wildman–Crippen MR) is 81.0 cm³/mol. The number of amides is 2. The molecule has 1 aliphatic carbocycles. The summed E-state index contributed by atoms with van der Waals surface area (Å²) < 4.78 is 58.0. The van der Waals surface area contributed by atoms with Crippen LogP contribution in [0.25, 0.3) is 0 Å². The molecule has 3 N–H and O–H groups in total. The van der Waals surface area contributed by atoms with E-state index in [1.807, 2.05) is 0 Å². The lowest BCUT2D eigenvalue weighted by atomic mass is 10.2. The molecule has 6 nitrogen and oxygen atoms in total. The fourth-order valence-electron chi connectivity index (χ4n) is 2.21. The highest BCUT2D eigenvalue weighted by molar-refractivity contribution is 5.74. The first-order chi connectivity index (χ1) is 11.6. The minimum Gasteiger partial charge on any atom is -0.417 e. The summed E-state index contributed by atoms with van der Waals surface area (Å²) in [6, 6.07) is 3.01. The van der Waals surface area contributed by atoms with Gasteiger partial charge in [0.25, 0.3) is 0 Å². The van der Waals surface area contributed by atoms with Gasteiger partial charge in [-0.2, -0.15) is 8.78 Å². The van der Waals surface area contributed by atoms with Gasteiger partial charge in [-0.25, -0.2) is 9.78 Å². The first kappa shape index (κ1) is 20.9. The number of nitrogens with one attached hydrogen (secondary N) is 2. The third kappa shape index (κ3) is 11.1. The van der Waals surface area contributed by atoms with Gasteiger partial charge in [0.15, 0.2) is 0 Å². The smallest absolute Gasteiger partial charge is 0.417 e. The number of aliphatic hydroxyl groups is 1. The maximum atomic E-state index is 12.1. The van der Waals surface area contributed by atoms with E-state index < -0.39 is 13.0 Å². The first-order valence-corrected chi connectivity index (χ1v) is 7.36. The number of pyridine rings is 1. The summed E-state index contributed by atoms with van der Waals surface area (Å²) in [7, 11) is 0. The number of rotatable bonds is 5. The standard InChI is InChI=1S/C13H17F2N3O2.CHF3O.2H2/c14-12(15)20-11-7-9(5-6-16-11)8-17-13(19)18-10-3-1-2-4-10;2-1(3,4)5;;/h5-7,10,12H,1-4,8H2,(H2,17,18,19);5H;2*1H. The maximum Gasteiger partial charge on any atom is 0.519 e. The zero-order valence-electron chi connectivity index (χ0n) is 13.0. The third-order valence-electron chi connectivity index (χ3n) is 3.15. The van der Waals surface area contributed by atoms with Crippen LogP contribution in [0, 0.1) is 0 Å². The second kappa shape index (κ2) is 9.97. The van der Waals surface area contributed by atoms with Crippen molar-refractivity contribution in [1.82, 2.24) is 15.6 Å². The van der Waals surface area contributed by atoms with Crippen molar-refractivity contribution in [2.75, 3.05) is 0 Å². The molecule has 1 fully saturated rings. The minimum absolute atomic E-state index is 0. The van der Waals surface area contributed by atoms with Crippen molar-refractivity contribution in [2.24, 2.45) is 0 Å². The fraction of sp³-hybridized carbons (Fsp3) is 0.571. The second-order valence-corrected chi connectivity index (χ2v) is 5.16. The van der Waals surface area contributed by atoms with Gasteiger partial charge in [0.05, 0.1) is 0 Å². The zero-order chi connectivity index (χ0) is 18.9. The number of alkyl halides is 5. The van der Waals surface area contributed by atoms with Crippen LogP contribution < -0.4 is 15.4 Å². The van der Waals surface area contributed by atoms with Crippen molar-refractivity contribution < 1.29 is 39.4 Å². The molecule has 1 aromatic rings. The Bertz CT molecular complexity index is 541. The van der Waals surface area contributed by atoms with Gasteiger partial charge in [-0.05, 0) is 24.5 Å². The van der Waals surface area contributed by atoms with Gasteiger partial charge in [0.2, 0.25) is 5.88 Å². The molecule has 11 heteroatoms. The monoisotopic (exact) mass is 375 g/mol. The fourth-order valence-corrected chi connectivity index (χ4v) is 2.21. The summed E-state index contributed by atoms with van der Waals surface area (Å²) in [4.78, 5) is 15.3. The average Bonchev–Trinajstić information content (AvgIpc) is 2.96. The van der Waals surface area contributed by atoms with Crippen LogP contribution in [0.2, 0.25) is 0 Å². The van der Waals surface area contributed by atoms with Gasteiger partial charge in [0, 0.05) is 27.7 Å². The van der Waals surface area contributed by atoms with Crippen molar-refractivity contribution in [3.8, 4) is 5.88 Å². The number of halogens is 5. The van der Waals surface area contributed by atoms with Crippen LogP contribution in [0.1, 0.15) is 34.1 Å². The molecule has 1 heterocycles. The molecule has 0 aromatic carbocycles. The van der Waals surface area contributed by atoms with E-state index in [-0.39, 0.29) is 27.4 Å². The van der Waals surface area contributed by atoms with Gasteiger partial charge in [0.1, 0.15) is 0 Å². The Morgan fingerprint density at radius 3 is 2.56 bits per heavy atom. The number of nitrogens with zero attached hydrogens (tertiary/aromatic N) is 1. The largest absolute Gasteiger partial charge is 0.519 e. The number of aromatic nitrogens is 1. The van der Waals surface area contributed by atoms with E-state index in [9.17, 15) is 26.7 Å². The predicted octanol–water partition coefficient (Wildman–Crippen LogP) is 3.42. The number of hydrogen-bond donors (Lipinski definition) is 3. The van der Waals surface area contributed by atoms with Crippen molar-refractivity contribution in [3.05, 3.63) is 23.9 Å². The first-order valence-electron chi connectivity index (χ1n) is 7.36. The number of urea groups is 1. The van der Waals surface area contributed by atoms with Crippen molar-refractivity contribution in [2.45, 2.75) is 51.2 Å². The zero-order valence-corrected chi connectivity index (χ0v) is 13.0. The summed E-state index contributed by atoms with van der Waals surface area (Å²) in [5.41, 5.74) is 0.650. The van der Waals surface area contributed by atoms with E-state index in [4.69, 9.17) is 5.11 Å². The second-order valence-electron chi connectivity index (χ2n) is 5.16. The van der Waals surface area contributed by atoms with E-state index in [1.54, 1.807) is 6.07 Å². The normalized spacial score (nSPS) is 14.7. The minimum atomic E-state index is -5.00. The molecule has 0 atom stereocenters. The highest BCUT2D eigenvalue weighted by Crippen LogP contribution is 2.17. The number of hydrogen-bond acceptors (Lipinski definition) is 4. The third-order valence-corrected chi connectivity index (χ3v) is 3.15. The van der Waals surface area contributed by atoms with E-state index in [0.717, 1.165) is 25.7 Å². The van der Waals surface area contributed by atoms with E-state index in [1.165, 1.54) is 12.3 Å². The molecule has 0 saturated heterocycles. The summed E-state index contributed by atoms with van der Waals surface area (Å²) in [5, 5.41) is 12.1. The van der Waals surface area contributed by atoms with Gasteiger partial charge in [-0.3, -0.25) is 0 Å². The number of carbonyl (C=O) groups is 1. The van der Waals surface area contributed by atoms with Crippen LogP contribution in [-0.2, 0) is 6.54 Å². The van der Waals surface area contributed by atoms with E-state index in [2.05, 4.69) is 20.4 Å². The molecule has 0 radical (unpaired) electrons. The molecule has 146 valence electrons. The van der Waals surface area contributed by atoms with Gasteiger partial charge in [-0.15, -0.1) is 13.2 Å². The van der Waals surface area contributed by atoms with Crippen LogP contribution in [0.4, 0.5) is 26.7 Å². The Hall–Kier alpha value is -2.17. The van der Waals surface area contributed by atoms with Crippen LogP contribution in [0.5, 0.6) is 5.88 Å². The molecule has 1 aliphatic rings. The lowest BCUT2D eigenvalue weighted by Gasteiger charge is -2.13. The molecule has 0 bridgehead atoms.